The standard InChI is InChI=1S/C27H26F4N4O2/c28-21-16-32-13-12-23(21)33-19-9-5-8-18(15-19)25(36)35-24(14-17-6-1-2-7-17)26(37)34-22-11-4-3-10-20(22)27(29,30)31/h3-5,8-13,15-17,24H,1-2,6-7,14H2,(H,32,33)(H,34,37)(H,35,36)/t24-/m0/s1. The number of hydrogen-bond acceptors (Lipinski definition) is 4. The first-order valence-corrected chi connectivity index (χ1v) is 12.0. The first-order valence-electron chi connectivity index (χ1n) is 12.0. The van der Waals surface area contributed by atoms with Gasteiger partial charge in [0, 0.05) is 17.4 Å². The number of carbonyl (C=O) groups excluding carboxylic acids is 2. The molecule has 10 heteroatoms. The number of carbonyl (C=O) groups is 2. The highest BCUT2D eigenvalue weighted by atomic mass is 19.4. The number of pyridine rings is 1. The molecule has 4 rings (SSSR count). The summed E-state index contributed by atoms with van der Waals surface area (Å²) in [5.41, 5.74) is -0.505. The van der Waals surface area contributed by atoms with Crippen LogP contribution in [0.15, 0.2) is 67.0 Å². The molecule has 0 saturated heterocycles. The summed E-state index contributed by atoms with van der Waals surface area (Å²) < 4.78 is 54.2. The summed E-state index contributed by atoms with van der Waals surface area (Å²) in [7, 11) is 0. The predicted molar refractivity (Wildman–Crippen MR) is 132 cm³/mol. The molecular formula is C27H26F4N4O2. The number of alkyl halides is 3. The van der Waals surface area contributed by atoms with Crippen molar-refractivity contribution in [1.82, 2.24) is 10.3 Å². The smallest absolute Gasteiger partial charge is 0.353 e. The van der Waals surface area contributed by atoms with E-state index < -0.39 is 35.4 Å². The molecule has 37 heavy (non-hydrogen) atoms. The van der Waals surface area contributed by atoms with Gasteiger partial charge in [-0.15, -0.1) is 0 Å². The van der Waals surface area contributed by atoms with Crippen molar-refractivity contribution < 1.29 is 27.2 Å². The quantitative estimate of drug-likeness (QED) is 0.308. The lowest BCUT2D eigenvalue weighted by molar-refractivity contribution is -0.137. The minimum atomic E-state index is -4.64. The van der Waals surface area contributed by atoms with E-state index in [0.717, 1.165) is 37.9 Å². The largest absolute Gasteiger partial charge is 0.418 e. The van der Waals surface area contributed by atoms with E-state index >= 15 is 0 Å². The maximum Gasteiger partial charge on any atom is 0.418 e. The van der Waals surface area contributed by atoms with Crippen LogP contribution in [0.1, 0.15) is 48.0 Å². The number of halogens is 4. The van der Waals surface area contributed by atoms with Crippen LogP contribution in [0, 0.1) is 11.7 Å². The number of anilines is 3. The molecule has 0 aliphatic heterocycles. The minimum absolute atomic E-state index is 0.175. The molecule has 3 N–H and O–H groups in total. The average Bonchev–Trinajstić information content (AvgIpc) is 3.38. The van der Waals surface area contributed by atoms with Gasteiger partial charge in [0.25, 0.3) is 5.91 Å². The van der Waals surface area contributed by atoms with E-state index in [1.807, 2.05) is 0 Å². The van der Waals surface area contributed by atoms with E-state index in [1.54, 1.807) is 12.1 Å². The van der Waals surface area contributed by atoms with Crippen LogP contribution in [0.2, 0.25) is 0 Å². The molecule has 6 nitrogen and oxygen atoms in total. The van der Waals surface area contributed by atoms with Gasteiger partial charge >= 0.3 is 6.18 Å². The second-order valence-corrected chi connectivity index (χ2v) is 9.01. The highest BCUT2D eigenvalue weighted by Crippen LogP contribution is 2.35. The molecule has 0 unspecified atom stereocenters. The topological polar surface area (TPSA) is 83.1 Å². The van der Waals surface area contributed by atoms with Crippen LogP contribution in [0.5, 0.6) is 0 Å². The predicted octanol–water partition coefficient (Wildman–Crippen LogP) is 6.30. The number of hydrogen-bond donors (Lipinski definition) is 3. The SMILES string of the molecule is O=C(N[C@@H](CC1CCCC1)C(=O)Nc1ccccc1C(F)(F)F)c1cccc(Nc2ccncc2F)c1. The highest BCUT2D eigenvalue weighted by Gasteiger charge is 2.35. The Labute approximate surface area is 211 Å². The highest BCUT2D eigenvalue weighted by molar-refractivity contribution is 6.02. The summed E-state index contributed by atoms with van der Waals surface area (Å²) in [4.78, 5) is 29.9. The molecule has 1 aliphatic rings. The molecule has 0 spiro atoms. The third-order valence-electron chi connectivity index (χ3n) is 6.33. The number of rotatable bonds is 8. The first-order chi connectivity index (χ1) is 17.7. The van der Waals surface area contributed by atoms with Crippen molar-refractivity contribution in [3.63, 3.8) is 0 Å². The van der Waals surface area contributed by atoms with E-state index in [0.29, 0.717) is 12.1 Å². The second kappa shape index (κ2) is 11.4. The third-order valence-corrected chi connectivity index (χ3v) is 6.33. The van der Waals surface area contributed by atoms with Crippen molar-refractivity contribution in [2.24, 2.45) is 5.92 Å². The maximum atomic E-state index is 14.0. The van der Waals surface area contributed by atoms with Crippen molar-refractivity contribution >= 4 is 28.9 Å². The molecule has 1 saturated carbocycles. The Morgan fingerprint density at radius 3 is 2.49 bits per heavy atom. The van der Waals surface area contributed by atoms with Gasteiger partial charge in [0.05, 0.1) is 23.1 Å². The van der Waals surface area contributed by atoms with Gasteiger partial charge in [0.15, 0.2) is 5.82 Å². The van der Waals surface area contributed by atoms with Gasteiger partial charge in [0.1, 0.15) is 6.04 Å². The Kier molecular flexibility index (Phi) is 8.05. The van der Waals surface area contributed by atoms with E-state index in [1.165, 1.54) is 42.6 Å². The molecule has 194 valence electrons. The number of nitrogens with one attached hydrogen (secondary N) is 3. The monoisotopic (exact) mass is 514 g/mol. The van der Waals surface area contributed by atoms with E-state index in [-0.39, 0.29) is 22.9 Å². The fourth-order valence-corrected chi connectivity index (χ4v) is 4.48. The van der Waals surface area contributed by atoms with Crippen molar-refractivity contribution in [1.29, 1.82) is 0 Å². The third kappa shape index (κ3) is 6.84. The van der Waals surface area contributed by atoms with Gasteiger partial charge in [-0.2, -0.15) is 13.2 Å². The number of amides is 2. The van der Waals surface area contributed by atoms with Crippen LogP contribution < -0.4 is 16.0 Å². The van der Waals surface area contributed by atoms with Gasteiger partial charge in [-0.3, -0.25) is 14.6 Å². The molecule has 0 radical (unpaired) electrons. The minimum Gasteiger partial charge on any atom is -0.353 e. The normalized spacial score (nSPS) is 14.7. The fraction of sp³-hybridized carbons (Fsp3) is 0.296. The Morgan fingerprint density at radius 2 is 1.76 bits per heavy atom. The summed E-state index contributed by atoms with van der Waals surface area (Å²) in [6.45, 7) is 0. The zero-order valence-electron chi connectivity index (χ0n) is 19.8. The van der Waals surface area contributed by atoms with Gasteiger partial charge in [-0.1, -0.05) is 43.9 Å². The van der Waals surface area contributed by atoms with Gasteiger partial charge < -0.3 is 16.0 Å². The average molecular weight is 515 g/mol. The lowest BCUT2D eigenvalue weighted by Gasteiger charge is -2.23. The molecule has 1 aromatic heterocycles. The molecule has 1 aliphatic carbocycles. The van der Waals surface area contributed by atoms with Crippen molar-refractivity contribution in [2.75, 3.05) is 10.6 Å². The van der Waals surface area contributed by atoms with Gasteiger partial charge in [-0.25, -0.2) is 4.39 Å². The Hall–Kier alpha value is -3.95. The lowest BCUT2D eigenvalue weighted by Crippen LogP contribution is -2.45. The molecular weight excluding hydrogens is 488 g/mol. The summed E-state index contributed by atoms with van der Waals surface area (Å²) in [6.07, 6.45) is 1.92. The molecule has 1 fully saturated rings. The Bertz CT molecular complexity index is 1260. The molecule has 0 bridgehead atoms. The lowest BCUT2D eigenvalue weighted by atomic mass is 9.97. The maximum absolute atomic E-state index is 14.0. The zero-order chi connectivity index (χ0) is 26.4. The van der Waals surface area contributed by atoms with E-state index in [4.69, 9.17) is 0 Å². The van der Waals surface area contributed by atoms with Crippen LogP contribution >= 0.6 is 0 Å². The van der Waals surface area contributed by atoms with Crippen molar-refractivity contribution in [3.8, 4) is 0 Å². The zero-order valence-corrected chi connectivity index (χ0v) is 19.8. The summed E-state index contributed by atoms with van der Waals surface area (Å²) in [5.74, 6) is -1.67. The van der Waals surface area contributed by atoms with Crippen LogP contribution in [0.4, 0.5) is 34.6 Å². The second-order valence-electron chi connectivity index (χ2n) is 9.01. The van der Waals surface area contributed by atoms with Crippen LogP contribution in [-0.4, -0.2) is 22.8 Å². The molecule has 1 heterocycles. The van der Waals surface area contributed by atoms with Gasteiger partial charge in [-0.05, 0) is 48.7 Å². The molecule has 1 atom stereocenters. The van der Waals surface area contributed by atoms with E-state index in [2.05, 4.69) is 20.9 Å². The number of aromatic nitrogens is 1. The summed E-state index contributed by atoms with van der Waals surface area (Å²) in [5, 5.41) is 7.94. The fourth-order valence-electron chi connectivity index (χ4n) is 4.48. The Balaban J connectivity index is 1.52. The van der Waals surface area contributed by atoms with Crippen LogP contribution in [0.3, 0.4) is 0 Å². The first kappa shape index (κ1) is 26.1. The van der Waals surface area contributed by atoms with Crippen LogP contribution in [-0.2, 0) is 11.0 Å². The Morgan fingerprint density at radius 1 is 1.00 bits per heavy atom. The van der Waals surface area contributed by atoms with Crippen LogP contribution in [0.25, 0.3) is 0 Å². The van der Waals surface area contributed by atoms with E-state index in [9.17, 15) is 27.2 Å². The molecule has 2 amide bonds. The number of nitrogens with zero attached hydrogens (tertiary/aromatic N) is 1. The summed E-state index contributed by atoms with van der Waals surface area (Å²) in [6, 6.07) is 11.4. The molecule has 3 aromatic rings. The van der Waals surface area contributed by atoms with Crippen molar-refractivity contribution in [3.05, 3.63) is 83.9 Å². The summed E-state index contributed by atoms with van der Waals surface area (Å²) >= 11 is 0. The number of para-hydroxylation sites is 1. The molecule has 2 aromatic carbocycles. The van der Waals surface area contributed by atoms with Gasteiger partial charge in [0.2, 0.25) is 5.91 Å². The van der Waals surface area contributed by atoms with Crippen molar-refractivity contribution in [2.45, 2.75) is 44.3 Å². The number of benzene rings is 2.